The summed E-state index contributed by atoms with van der Waals surface area (Å²) < 4.78 is 55.9. The molecule has 0 bridgehead atoms. The summed E-state index contributed by atoms with van der Waals surface area (Å²) in [7, 11) is 2.32. The highest BCUT2D eigenvalue weighted by molar-refractivity contribution is 5.59. The predicted molar refractivity (Wildman–Crippen MR) is 119 cm³/mol. The fourth-order valence-corrected chi connectivity index (χ4v) is 3.85. The first kappa shape index (κ1) is 27.6. The van der Waals surface area contributed by atoms with Gasteiger partial charge in [-0.15, -0.1) is 5.10 Å². The molecule has 13 heteroatoms. The molecular formula is C23H30F2N2O9. The number of hydrogen-bond acceptors (Lipinski definition) is 10. The summed E-state index contributed by atoms with van der Waals surface area (Å²) in [4.78, 5) is 11.3. The van der Waals surface area contributed by atoms with Crippen molar-refractivity contribution in [3.63, 3.8) is 0 Å². The minimum absolute atomic E-state index is 0.00878. The van der Waals surface area contributed by atoms with Crippen LogP contribution in [0.2, 0.25) is 0 Å². The molecule has 1 aliphatic heterocycles. The van der Waals surface area contributed by atoms with Crippen molar-refractivity contribution in [3.05, 3.63) is 40.6 Å². The molecule has 11 nitrogen and oxygen atoms in total. The summed E-state index contributed by atoms with van der Waals surface area (Å²) in [6.07, 6.45) is -8.98. The third kappa shape index (κ3) is 5.69. The van der Waals surface area contributed by atoms with E-state index in [4.69, 9.17) is 18.9 Å². The zero-order valence-electron chi connectivity index (χ0n) is 20.5. The van der Waals surface area contributed by atoms with E-state index in [1.54, 1.807) is 11.6 Å². The zero-order chi connectivity index (χ0) is 26.7. The number of hydrogen-bond donors (Lipinski definition) is 3. The predicted octanol–water partition coefficient (Wildman–Crippen LogP) is 1.62. The van der Waals surface area contributed by atoms with Crippen molar-refractivity contribution in [1.82, 2.24) is 9.78 Å². The van der Waals surface area contributed by atoms with Crippen molar-refractivity contribution in [2.75, 3.05) is 20.8 Å². The van der Waals surface area contributed by atoms with Gasteiger partial charge in [0.15, 0.2) is 11.6 Å². The van der Waals surface area contributed by atoms with Gasteiger partial charge < -0.3 is 39.0 Å². The van der Waals surface area contributed by atoms with Crippen LogP contribution in [-0.2, 0) is 20.6 Å². The molecule has 5 atom stereocenters. The van der Waals surface area contributed by atoms with E-state index in [0.29, 0.717) is 11.3 Å². The smallest absolute Gasteiger partial charge is 0.494 e. The van der Waals surface area contributed by atoms with Crippen LogP contribution in [0.15, 0.2) is 12.1 Å². The fraction of sp³-hybridized carbons (Fsp3) is 0.565. The first-order chi connectivity index (χ1) is 17.0. The maximum atomic E-state index is 14.7. The number of carbonyl (C=O) groups is 1. The second-order valence-electron chi connectivity index (χ2n) is 8.56. The maximum Gasteiger partial charge on any atom is 0.508 e. The van der Waals surface area contributed by atoms with Gasteiger partial charge in [-0.3, -0.25) is 4.68 Å². The largest absolute Gasteiger partial charge is 0.508 e. The molecule has 2 aromatic rings. The molecule has 0 saturated carbocycles. The Morgan fingerprint density at radius 3 is 2.44 bits per heavy atom. The Morgan fingerprint density at radius 2 is 1.83 bits per heavy atom. The van der Waals surface area contributed by atoms with Crippen LogP contribution in [0.4, 0.5) is 13.6 Å². The average molecular weight is 516 g/mol. The Hall–Kier alpha value is -3.00. The Kier molecular flexibility index (Phi) is 8.71. The molecule has 0 radical (unpaired) electrons. The second-order valence-corrected chi connectivity index (χ2v) is 8.56. The Labute approximate surface area is 206 Å². The molecule has 1 fully saturated rings. The first-order valence-corrected chi connectivity index (χ1v) is 11.1. The van der Waals surface area contributed by atoms with Gasteiger partial charge in [0.1, 0.15) is 36.8 Å². The summed E-state index contributed by atoms with van der Waals surface area (Å²) in [5, 5.41) is 35.4. The van der Waals surface area contributed by atoms with E-state index in [1.165, 1.54) is 7.11 Å². The van der Waals surface area contributed by atoms with E-state index < -0.39 is 55.1 Å². The van der Waals surface area contributed by atoms with Crippen LogP contribution >= 0.6 is 0 Å². The molecule has 36 heavy (non-hydrogen) atoms. The topological polar surface area (TPSA) is 142 Å². The molecule has 1 aromatic carbocycles. The van der Waals surface area contributed by atoms with Gasteiger partial charge in [0.2, 0.25) is 12.2 Å². The van der Waals surface area contributed by atoms with Gasteiger partial charge >= 0.3 is 6.16 Å². The SMILES string of the molecule is COC(=O)OC[C@H]1OC(Oc2nn(C(C)C)c(C)c2Cc2cc(F)c(OC)cc2F)[C@H](O)[C@@H](O)[C@@H]1O. The standard InChI is InChI=1S/C23H30F2N2O9/c1-10(2)27-11(3)13(6-12-7-15(25)16(32-4)8-14(12)24)21(26-27)36-22-20(30)19(29)18(28)17(35-22)9-34-23(31)33-5/h7-8,10,17-20,22,28-30H,6,9H2,1-5H3/t17-,18-,19+,20-,22?/m1/s1. The van der Waals surface area contributed by atoms with Crippen molar-refractivity contribution in [2.24, 2.45) is 0 Å². The van der Waals surface area contributed by atoms with Crippen LogP contribution in [0.1, 0.15) is 36.7 Å². The Balaban J connectivity index is 1.92. The van der Waals surface area contributed by atoms with Crippen molar-refractivity contribution >= 4 is 6.16 Å². The van der Waals surface area contributed by atoms with Crippen molar-refractivity contribution < 1.29 is 52.6 Å². The van der Waals surface area contributed by atoms with E-state index in [2.05, 4.69) is 9.84 Å². The van der Waals surface area contributed by atoms with E-state index >= 15 is 0 Å². The van der Waals surface area contributed by atoms with Crippen LogP contribution in [0.3, 0.4) is 0 Å². The number of aliphatic hydroxyl groups is 3. The van der Waals surface area contributed by atoms with Gasteiger partial charge in [-0.25, -0.2) is 13.6 Å². The summed E-state index contributed by atoms with van der Waals surface area (Å²) in [5.74, 6) is -1.75. The van der Waals surface area contributed by atoms with E-state index in [1.807, 2.05) is 13.8 Å². The number of methoxy groups -OCH3 is 2. The fourth-order valence-electron chi connectivity index (χ4n) is 3.85. The molecule has 3 N–H and O–H groups in total. The summed E-state index contributed by atoms with van der Waals surface area (Å²) >= 11 is 0. The Bertz CT molecular complexity index is 1080. The van der Waals surface area contributed by atoms with E-state index in [0.717, 1.165) is 19.2 Å². The lowest BCUT2D eigenvalue weighted by atomic mass is 9.99. The lowest BCUT2D eigenvalue weighted by Gasteiger charge is -2.39. The molecule has 1 aliphatic rings. The monoisotopic (exact) mass is 516 g/mol. The highest BCUT2D eigenvalue weighted by Gasteiger charge is 2.46. The van der Waals surface area contributed by atoms with Crippen molar-refractivity contribution in [1.29, 1.82) is 0 Å². The summed E-state index contributed by atoms with van der Waals surface area (Å²) in [6.45, 7) is 4.93. The van der Waals surface area contributed by atoms with Gasteiger partial charge in [-0.2, -0.15) is 0 Å². The van der Waals surface area contributed by atoms with Crippen molar-refractivity contribution in [3.8, 4) is 11.6 Å². The van der Waals surface area contributed by atoms with Gasteiger partial charge in [-0.05, 0) is 32.4 Å². The molecule has 200 valence electrons. The number of ether oxygens (including phenoxy) is 5. The third-order valence-corrected chi connectivity index (χ3v) is 5.84. The van der Waals surface area contributed by atoms with Gasteiger partial charge in [-0.1, -0.05) is 0 Å². The minimum atomic E-state index is -1.71. The number of rotatable bonds is 8. The Morgan fingerprint density at radius 1 is 1.14 bits per heavy atom. The number of aliphatic hydroxyl groups excluding tert-OH is 3. The number of carbonyl (C=O) groups excluding carboxylic acids is 1. The van der Waals surface area contributed by atoms with Crippen LogP contribution in [-0.4, -0.2) is 82.8 Å². The van der Waals surface area contributed by atoms with Crippen LogP contribution < -0.4 is 9.47 Å². The minimum Gasteiger partial charge on any atom is -0.494 e. The quantitative estimate of drug-likeness (QED) is 0.443. The molecule has 0 aliphatic carbocycles. The molecule has 2 heterocycles. The third-order valence-electron chi connectivity index (χ3n) is 5.84. The van der Waals surface area contributed by atoms with Crippen LogP contribution in [0, 0.1) is 18.6 Å². The van der Waals surface area contributed by atoms with Gasteiger partial charge in [0.05, 0.1) is 14.2 Å². The first-order valence-electron chi connectivity index (χ1n) is 11.1. The lowest BCUT2D eigenvalue weighted by molar-refractivity contribution is -0.278. The second kappa shape index (κ2) is 11.4. The van der Waals surface area contributed by atoms with E-state index in [-0.39, 0.29) is 29.7 Å². The molecule has 0 amide bonds. The summed E-state index contributed by atoms with van der Waals surface area (Å²) in [6, 6.07) is 1.81. The normalized spacial score (nSPS) is 24.0. The molecule has 1 unspecified atom stereocenters. The molecular weight excluding hydrogens is 486 g/mol. The van der Waals surface area contributed by atoms with Gasteiger partial charge in [0.25, 0.3) is 0 Å². The highest BCUT2D eigenvalue weighted by atomic mass is 19.1. The van der Waals surface area contributed by atoms with E-state index in [9.17, 15) is 28.9 Å². The van der Waals surface area contributed by atoms with Gasteiger partial charge in [0, 0.05) is 29.8 Å². The number of nitrogens with zero attached hydrogens (tertiary/aromatic N) is 2. The molecule has 3 rings (SSSR count). The average Bonchev–Trinajstić information content (AvgIpc) is 3.15. The molecule has 1 saturated heterocycles. The number of benzene rings is 1. The highest BCUT2D eigenvalue weighted by Crippen LogP contribution is 2.32. The number of aromatic nitrogens is 2. The van der Waals surface area contributed by atoms with Crippen LogP contribution in [0.5, 0.6) is 11.6 Å². The zero-order valence-corrected chi connectivity index (χ0v) is 20.5. The molecule has 1 aromatic heterocycles. The lowest BCUT2D eigenvalue weighted by Crippen LogP contribution is -2.60. The summed E-state index contributed by atoms with van der Waals surface area (Å²) in [5.41, 5.74) is 0.979. The van der Waals surface area contributed by atoms with Crippen molar-refractivity contribution in [2.45, 2.75) is 63.9 Å². The number of halogens is 2. The van der Waals surface area contributed by atoms with Crippen LogP contribution in [0.25, 0.3) is 0 Å². The maximum absolute atomic E-state index is 14.7. The molecule has 0 spiro atoms.